The lowest BCUT2D eigenvalue weighted by atomic mass is 10.1. The maximum atomic E-state index is 12.2. The average Bonchev–Trinajstić information content (AvgIpc) is 2.47. The van der Waals surface area contributed by atoms with Gasteiger partial charge in [0.1, 0.15) is 5.75 Å². The van der Waals surface area contributed by atoms with Crippen molar-refractivity contribution in [1.82, 2.24) is 4.90 Å². The molecule has 1 fully saturated rings. The number of likely N-dealkylation sites (tertiary alicyclic amines) is 1. The van der Waals surface area contributed by atoms with Crippen LogP contribution in [0.2, 0.25) is 0 Å². The smallest absolute Gasteiger partial charge is 0.335 e. The number of nitrogens with one attached hydrogen (secondary N) is 1. The van der Waals surface area contributed by atoms with E-state index in [0.717, 1.165) is 0 Å². The van der Waals surface area contributed by atoms with Crippen molar-refractivity contribution in [2.75, 3.05) is 25.5 Å². The number of methoxy groups -OCH3 is 1. The minimum Gasteiger partial charge on any atom is -0.495 e. The van der Waals surface area contributed by atoms with Crippen LogP contribution >= 0.6 is 0 Å². The molecule has 1 saturated heterocycles. The van der Waals surface area contributed by atoms with Gasteiger partial charge in [0.05, 0.1) is 24.5 Å². The Morgan fingerprint density at radius 2 is 2.00 bits per heavy atom. The molecule has 7 nitrogen and oxygen atoms in total. The van der Waals surface area contributed by atoms with E-state index < -0.39 is 5.97 Å². The molecule has 0 radical (unpaired) electrons. The lowest BCUT2D eigenvalue weighted by Gasteiger charge is -2.29. The average molecular weight is 294 g/mol. The molecule has 0 saturated carbocycles. The van der Waals surface area contributed by atoms with Gasteiger partial charge in [0.15, 0.2) is 0 Å². The highest BCUT2D eigenvalue weighted by Crippen LogP contribution is 2.26. The number of hydrogen-bond acceptors (Lipinski definition) is 4. The number of urea groups is 1. The quantitative estimate of drug-likeness (QED) is 0.782. The third-order valence-electron chi connectivity index (χ3n) is 3.44. The SMILES string of the molecule is COc1ccc(C(=O)O)cc1NC(=O)N1CCC(O)CC1. The number of piperidine rings is 1. The van der Waals surface area contributed by atoms with Crippen molar-refractivity contribution in [1.29, 1.82) is 0 Å². The number of rotatable bonds is 3. The van der Waals surface area contributed by atoms with Crippen LogP contribution < -0.4 is 10.1 Å². The number of aliphatic hydroxyl groups is 1. The number of hydrogen-bond donors (Lipinski definition) is 3. The van der Waals surface area contributed by atoms with Gasteiger partial charge in [0, 0.05) is 13.1 Å². The first kappa shape index (κ1) is 15.1. The lowest BCUT2D eigenvalue weighted by molar-refractivity contribution is 0.0696. The largest absolute Gasteiger partial charge is 0.495 e. The van der Waals surface area contributed by atoms with Crippen molar-refractivity contribution in [3.8, 4) is 5.75 Å². The van der Waals surface area contributed by atoms with Gasteiger partial charge in [0.25, 0.3) is 0 Å². The van der Waals surface area contributed by atoms with Crippen LogP contribution in [-0.4, -0.2) is 53.4 Å². The van der Waals surface area contributed by atoms with E-state index in [9.17, 15) is 14.7 Å². The molecule has 0 aromatic heterocycles. The fourth-order valence-corrected chi connectivity index (χ4v) is 2.20. The van der Waals surface area contributed by atoms with Crippen molar-refractivity contribution < 1.29 is 24.5 Å². The number of nitrogens with zero attached hydrogens (tertiary/aromatic N) is 1. The normalized spacial score (nSPS) is 15.6. The van der Waals surface area contributed by atoms with Gasteiger partial charge in [-0.15, -0.1) is 0 Å². The summed E-state index contributed by atoms with van der Waals surface area (Å²) in [6.45, 7) is 0.932. The Balaban J connectivity index is 2.12. The van der Waals surface area contributed by atoms with E-state index >= 15 is 0 Å². The Hall–Kier alpha value is -2.28. The standard InChI is InChI=1S/C14H18N2O5/c1-21-12-3-2-9(13(18)19)8-11(12)15-14(20)16-6-4-10(17)5-7-16/h2-3,8,10,17H,4-7H2,1H3,(H,15,20)(H,18,19). The summed E-state index contributed by atoms with van der Waals surface area (Å²) in [5.74, 6) is -0.681. The summed E-state index contributed by atoms with van der Waals surface area (Å²) < 4.78 is 5.12. The molecule has 21 heavy (non-hydrogen) atoms. The molecule has 1 aromatic rings. The van der Waals surface area contributed by atoms with Gasteiger partial charge in [-0.3, -0.25) is 0 Å². The third kappa shape index (κ3) is 3.63. The van der Waals surface area contributed by atoms with Crippen molar-refractivity contribution in [3.63, 3.8) is 0 Å². The summed E-state index contributed by atoms with van der Waals surface area (Å²) in [7, 11) is 1.45. The highest BCUT2D eigenvalue weighted by molar-refractivity contribution is 5.94. The number of carbonyl (C=O) groups is 2. The molecule has 1 aliphatic rings. The maximum Gasteiger partial charge on any atom is 0.335 e. The van der Waals surface area contributed by atoms with Crippen molar-refractivity contribution >= 4 is 17.7 Å². The number of carbonyl (C=O) groups excluding carboxylic acids is 1. The van der Waals surface area contributed by atoms with Crippen molar-refractivity contribution in [2.45, 2.75) is 18.9 Å². The molecule has 0 atom stereocenters. The number of aliphatic hydroxyl groups excluding tert-OH is 1. The molecule has 1 aliphatic heterocycles. The van der Waals surface area contributed by atoms with E-state index in [1.54, 1.807) is 4.90 Å². The van der Waals surface area contributed by atoms with Gasteiger partial charge in [-0.2, -0.15) is 0 Å². The lowest BCUT2D eigenvalue weighted by Crippen LogP contribution is -2.42. The first-order chi connectivity index (χ1) is 10.0. The fraction of sp³-hybridized carbons (Fsp3) is 0.429. The van der Waals surface area contributed by atoms with E-state index in [1.165, 1.54) is 25.3 Å². The molecule has 1 aromatic carbocycles. The van der Waals surface area contributed by atoms with Gasteiger partial charge in [0.2, 0.25) is 0 Å². The van der Waals surface area contributed by atoms with E-state index in [0.29, 0.717) is 37.4 Å². The van der Waals surface area contributed by atoms with Gasteiger partial charge < -0.3 is 25.2 Å². The predicted molar refractivity (Wildman–Crippen MR) is 75.8 cm³/mol. The minimum absolute atomic E-state index is 0.0696. The number of amides is 2. The van der Waals surface area contributed by atoms with Crippen LogP contribution in [0.25, 0.3) is 0 Å². The zero-order chi connectivity index (χ0) is 15.4. The zero-order valence-electron chi connectivity index (χ0n) is 11.7. The summed E-state index contributed by atoms with van der Waals surface area (Å²) in [4.78, 5) is 24.7. The molecule has 3 N–H and O–H groups in total. The summed E-state index contributed by atoms with van der Waals surface area (Å²) in [6.07, 6.45) is 0.721. The molecule has 0 aliphatic carbocycles. The molecule has 0 spiro atoms. The van der Waals surface area contributed by atoms with E-state index in [1.807, 2.05) is 0 Å². The number of carboxylic acid groups (broad SMARTS) is 1. The monoisotopic (exact) mass is 294 g/mol. The number of anilines is 1. The fourth-order valence-electron chi connectivity index (χ4n) is 2.20. The van der Waals surface area contributed by atoms with E-state index in [2.05, 4.69) is 5.32 Å². The number of aromatic carboxylic acids is 1. The molecule has 1 heterocycles. The van der Waals surface area contributed by atoms with Crippen LogP contribution in [0, 0.1) is 0 Å². The third-order valence-corrected chi connectivity index (χ3v) is 3.44. The molecule has 0 unspecified atom stereocenters. The highest BCUT2D eigenvalue weighted by atomic mass is 16.5. The van der Waals surface area contributed by atoms with E-state index in [4.69, 9.17) is 9.84 Å². The summed E-state index contributed by atoms with van der Waals surface area (Å²) in [6, 6.07) is 3.94. The molecular weight excluding hydrogens is 276 g/mol. The first-order valence-corrected chi connectivity index (χ1v) is 6.66. The van der Waals surface area contributed by atoms with Crippen LogP contribution in [-0.2, 0) is 0 Å². The zero-order valence-corrected chi connectivity index (χ0v) is 11.7. The Kier molecular flexibility index (Phi) is 4.64. The molecule has 2 amide bonds. The Labute approximate surface area is 122 Å². The highest BCUT2D eigenvalue weighted by Gasteiger charge is 2.22. The molecule has 0 bridgehead atoms. The van der Waals surface area contributed by atoms with Gasteiger partial charge in [-0.1, -0.05) is 0 Å². The molecule has 2 rings (SSSR count). The predicted octanol–water partition coefficient (Wildman–Crippen LogP) is 1.38. The second kappa shape index (κ2) is 6.45. The second-order valence-corrected chi connectivity index (χ2v) is 4.87. The Bertz CT molecular complexity index is 538. The number of carboxylic acids is 1. The first-order valence-electron chi connectivity index (χ1n) is 6.66. The van der Waals surface area contributed by atoms with Crippen molar-refractivity contribution in [2.24, 2.45) is 0 Å². The van der Waals surface area contributed by atoms with Gasteiger partial charge in [-0.05, 0) is 31.0 Å². The summed E-state index contributed by atoms with van der Waals surface area (Å²) in [5, 5.41) is 21.1. The van der Waals surface area contributed by atoms with Gasteiger partial charge in [-0.25, -0.2) is 9.59 Å². The Morgan fingerprint density at radius 3 is 2.57 bits per heavy atom. The second-order valence-electron chi connectivity index (χ2n) is 4.87. The molecule has 7 heteroatoms. The van der Waals surface area contributed by atoms with Crippen molar-refractivity contribution in [3.05, 3.63) is 23.8 Å². The van der Waals surface area contributed by atoms with Gasteiger partial charge >= 0.3 is 12.0 Å². The molecule has 114 valence electrons. The van der Waals surface area contributed by atoms with Crippen LogP contribution in [0.1, 0.15) is 23.2 Å². The summed E-state index contributed by atoms with van der Waals surface area (Å²) in [5.41, 5.74) is 0.383. The van der Waals surface area contributed by atoms with Crippen LogP contribution in [0.15, 0.2) is 18.2 Å². The Morgan fingerprint density at radius 1 is 1.33 bits per heavy atom. The summed E-state index contributed by atoms with van der Waals surface area (Å²) >= 11 is 0. The molecular formula is C14H18N2O5. The van der Waals surface area contributed by atoms with Crippen LogP contribution in [0.5, 0.6) is 5.75 Å². The van der Waals surface area contributed by atoms with Crippen LogP contribution in [0.3, 0.4) is 0 Å². The topological polar surface area (TPSA) is 99.1 Å². The number of ether oxygens (including phenoxy) is 1. The van der Waals surface area contributed by atoms with E-state index in [-0.39, 0.29) is 17.7 Å². The minimum atomic E-state index is -1.07. The number of benzene rings is 1. The maximum absolute atomic E-state index is 12.2. The van der Waals surface area contributed by atoms with Crippen LogP contribution in [0.4, 0.5) is 10.5 Å².